The second-order valence-corrected chi connectivity index (χ2v) is 7.80. The van der Waals surface area contributed by atoms with Gasteiger partial charge in [-0.2, -0.15) is 0 Å². The lowest BCUT2D eigenvalue weighted by molar-refractivity contribution is -0.140. The van der Waals surface area contributed by atoms with E-state index in [0.717, 1.165) is 23.8 Å². The maximum absolute atomic E-state index is 13.1. The van der Waals surface area contributed by atoms with Gasteiger partial charge < -0.3 is 26.1 Å². The van der Waals surface area contributed by atoms with Crippen molar-refractivity contribution in [2.45, 2.75) is 38.3 Å². The van der Waals surface area contributed by atoms with E-state index in [1.165, 1.54) is 10.5 Å². The summed E-state index contributed by atoms with van der Waals surface area (Å²) in [6, 6.07) is 19.0. The molecule has 0 fully saturated rings. The Kier molecular flexibility index (Phi) is 8.83. The van der Waals surface area contributed by atoms with Gasteiger partial charge in [-0.15, -0.1) is 0 Å². The van der Waals surface area contributed by atoms with Gasteiger partial charge in [0.2, 0.25) is 11.8 Å². The van der Waals surface area contributed by atoms with Gasteiger partial charge in [0.05, 0.1) is 13.1 Å². The summed E-state index contributed by atoms with van der Waals surface area (Å²) in [4.78, 5) is 27.3. The molecule has 1 heterocycles. The van der Waals surface area contributed by atoms with Crippen LogP contribution in [0.25, 0.3) is 11.0 Å². The van der Waals surface area contributed by atoms with Gasteiger partial charge in [0.25, 0.3) is 0 Å². The summed E-state index contributed by atoms with van der Waals surface area (Å²) in [7, 11) is 0. The predicted molar refractivity (Wildman–Crippen MR) is 126 cm³/mol. The van der Waals surface area contributed by atoms with Crippen molar-refractivity contribution in [1.82, 2.24) is 10.2 Å². The topological polar surface area (TPSA) is 115 Å². The molecule has 0 aliphatic heterocycles. The van der Waals surface area contributed by atoms with Crippen LogP contribution >= 0.6 is 0 Å². The number of furan rings is 1. The first-order chi connectivity index (χ1) is 15.6. The molecule has 0 radical (unpaired) electrons. The average Bonchev–Trinajstić information content (AvgIpc) is 3.24. The van der Waals surface area contributed by atoms with E-state index >= 15 is 0 Å². The highest BCUT2D eigenvalue weighted by Crippen LogP contribution is 2.22. The van der Waals surface area contributed by atoms with E-state index in [-0.39, 0.29) is 24.9 Å². The van der Waals surface area contributed by atoms with Gasteiger partial charge in [0, 0.05) is 11.9 Å². The maximum Gasteiger partial charge on any atom is 0.242 e. The van der Waals surface area contributed by atoms with Crippen LogP contribution in [0.4, 0.5) is 0 Å². The van der Waals surface area contributed by atoms with Crippen LogP contribution in [-0.2, 0) is 22.6 Å². The number of rotatable bonds is 12. The molecule has 0 aliphatic carbocycles. The lowest BCUT2D eigenvalue weighted by Gasteiger charge is -2.30. The monoisotopic (exact) mass is 436 g/mol. The van der Waals surface area contributed by atoms with Gasteiger partial charge in [-0.3, -0.25) is 9.59 Å². The van der Waals surface area contributed by atoms with E-state index in [0.29, 0.717) is 31.7 Å². The van der Waals surface area contributed by atoms with Crippen molar-refractivity contribution in [1.29, 1.82) is 0 Å². The molecule has 170 valence electrons. The SMILES string of the molecule is NCCCC(C(=O)NCCCc1ccccc1)N(Cc1cc2ccccc2o1)C(=O)CN. The predicted octanol–water partition coefficient (Wildman–Crippen LogP) is 2.58. The van der Waals surface area contributed by atoms with Crippen LogP contribution in [0.3, 0.4) is 0 Å². The Morgan fingerprint density at radius 2 is 1.75 bits per heavy atom. The third-order valence-electron chi connectivity index (χ3n) is 5.44. The number of carbonyl (C=O) groups is 2. The fourth-order valence-electron chi connectivity index (χ4n) is 3.78. The van der Waals surface area contributed by atoms with Crippen LogP contribution in [0.5, 0.6) is 0 Å². The van der Waals surface area contributed by atoms with E-state index in [4.69, 9.17) is 15.9 Å². The average molecular weight is 437 g/mol. The standard InChI is InChI=1S/C25H32N4O3/c26-14-6-12-22(25(31)28-15-7-10-19-8-2-1-3-9-19)29(24(30)17-27)18-21-16-20-11-4-5-13-23(20)32-21/h1-5,8-9,11,13,16,22H,6-7,10,12,14-15,17-18,26-27H2,(H,28,31). The molecule has 2 amide bonds. The first-order valence-corrected chi connectivity index (χ1v) is 11.1. The highest BCUT2D eigenvalue weighted by Gasteiger charge is 2.29. The lowest BCUT2D eigenvalue weighted by atomic mass is 10.1. The summed E-state index contributed by atoms with van der Waals surface area (Å²) in [6.07, 6.45) is 2.77. The molecule has 32 heavy (non-hydrogen) atoms. The highest BCUT2D eigenvalue weighted by molar-refractivity contribution is 5.88. The molecule has 7 nitrogen and oxygen atoms in total. The molecule has 0 saturated heterocycles. The number of hydrogen-bond acceptors (Lipinski definition) is 5. The van der Waals surface area contributed by atoms with Crippen molar-refractivity contribution in [3.8, 4) is 0 Å². The minimum atomic E-state index is -0.653. The van der Waals surface area contributed by atoms with E-state index in [2.05, 4.69) is 17.4 Å². The van der Waals surface area contributed by atoms with Crippen LogP contribution in [0.2, 0.25) is 0 Å². The Balaban J connectivity index is 1.68. The van der Waals surface area contributed by atoms with Gasteiger partial charge in [-0.05, 0) is 49.9 Å². The first kappa shape index (κ1) is 23.5. The fraction of sp³-hybridized carbons (Fsp3) is 0.360. The molecule has 0 bridgehead atoms. The minimum absolute atomic E-state index is 0.178. The number of amides is 2. The maximum atomic E-state index is 13.1. The van der Waals surface area contributed by atoms with Gasteiger partial charge >= 0.3 is 0 Å². The molecule has 0 spiro atoms. The van der Waals surface area contributed by atoms with Crippen molar-refractivity contribution in [3.63, 3.8) is 0 Å². The number of nitrogens with one attached hydrogen (secondary N) is 1. The number of nitrogens with two attached hydrogens (primary N) is 2. The Labute approximate surface area is 188 Å². The third kappa shape index (κ3) is 6.42. The van der Waals surface area contributed by atoms with Crippen LogP contribution in [-0.4, -0.2) is 42.4 Å². The van der Waals surface area contributed by atoms with E-state index < -0.39 is 6.04 Å². The number of hydrogen-bond donors (Lipinski definition) is 3. The van der Waals surface area contributed by atoms with Gasteiger partial charge in [0.1, 0.15) is 17.4 Å². The summed E-state index contributed by atoms with van der Waals surface area (Å²) >= 11 is 0. The van der Waals surface area contributed by atoms with Crippen LogP contribution < -0.4 is 16.8 Å². The quantitative estimate of drug-likeness (QED) is 0.378. The number of para-hydroxylation sites is 1. The van der Waals surface area contributed by atoms with Crippen LogP contribution in [0.15, 0.2) is 65.1 Å². The summed E-state index contributed by atoms with van der Waals surface area (Å²) in [5, 5.41) is 3.94. The molecule has 7 heteroatoms. The summed E-state index contributed by atoms with van der Waals surface area (Å²) in [5.41, 5.74) is 13.3. The Morgan fingerprint density at radius 3 is 2.47 bits per heavy atom. The second-order valence-electron chi connectivity index (χ2n) is 7.80. The summed E-state index contributed by atoms with van der Waals surface area (Å²) in [6.45, 7) is 0.966. The summed E-state index contributed by atoms with van der Waals surface area (Å²) < 4.78 is 5.88. The molecule has 1 atom stereocenters. The van der Waals surface area contributed by atoms with E-state index in [1.807, 2.05) is 48.5 Å². The van der Waals surface area contributed by atoms with Crippen molar-refractivity contribution >= 4 is 22.8 Å². The zero-order chi connectivity index (χ0) is 22.8. The molecule has 3 rings (SSSR count). The second kappa shape index (κ2) is 12.0. The Hall–Kier alpha value is -3.16. The van der Waals surface area contributed by atoms with Crippen molar-refractivity contribution < 1.29 is 14.0 Å². The smallest absolute Gasteiger partial charge is 0.242 e. The van der Waals surface area contributed by atoms with Crippen molar-refractivity contribution in [3.05, 3.63) is 72.0 Å². The molecule has 2 aromatic carbocycles. The molecule has 0 aliphatic rings. The third-order valence-corrected chi connectivity index (χ3v) is 5.44. The molecular weight excluding hydrogens is 404 g/mol. The van der Waals surface area contributed by atoms with Gasteiger partial charge in [-0.1, -0.05) is 48.5 Å². The van der Waals surface area contributed by atoms with Crippen molar-refractivity contribution in [2.75, 3.05) is 19.6 Å². The minimum Gasteiger partial charge on any atom is -0.459 e. The fourth-order valence-corrected chi connectivity index (χ4v) is 3.78. The number of aryl methyl sites for hydroxylation is 1. The zero-order valence-electron chi connectivity index (χ0n) is 18.3. The number of fused-ring (bicyclic) bond motifs is 1. The van der Waals surface area contributed by atoms with Gasteiger partial charge in [-0.25, -0.2) is 0 Å². The highest BCUT2D eigenvalue weighted by atomic mass is 16.3. The number of nitrogens with zero attached hydrogens (tertiary/aromatic N) is 1. The normalized spacial score (nSPS) is 11.9. The van der Waals surface area contributed by atoms with Crippen LogP contribution in [0.1, 0.15) is 30.6 Å². The number of benzene rings is 2. The van der Waals surface area contributed by atoms with Crippen LogP contribution in [0, 0.1) is 0 Å². The summed E-state index contributed by atoms with van der Waals surface area (Å²) in [5.74, 6) is 0.124. The van der Waals surface area contributed by atoms with E-state index in [9.17, 15) is 9.59 Å². The molecule has 1 unspecified atom stereocenters. The Morgan fingerprint density at radius 1 is 1.00 bits per heavy atom. The number of carbonyl (C=O) groups excluding carboxylic acids is 2. The lowest BCUT2D eigenvalue weighted by Crippen LogP contribution is -2.51. The first-order valence-electron chi connectivity index (χ1n) is 11.1. The molecule has 5 N–H and O–H groups in total. The largest absolute Gasteiger partial charge is 0.459 e. The van der Waals surface area contributed by atoms with E-state index in [1.54, 1.807) is 0 Å². The molecule has 0 saturated carbocycles. The molecule has 1 aromatic heterocycles. The van der Waals surface area contributed by atoms with Crippen molar-refractivity contribution in [2.24, 2.45) is 11.5 Å². The molecular formula is C25H32N4O3. The zero-order valence-corrected chi connectivity index (χ0v) is 18.3. The Bertz CT molecular complexity index is 970. The molecule has 3 aromatic rings. The van der Waals surface area contributed by atoms with Gasteiger partial charge in [0.15, 0.2) is 0 Å².